The molecule has 0 spiro atoms. The van der Waals surface area contributed by atoms with Crippen molar-refractivity contribution < 1.29 is 4.79 Å². The van der Waals surface area contributed by atoms with E-state index in [4.69, 9.17) is 4.98 Å². The van der Waals surface area contributed by atoms with Crippen molar-refractivity contribution in [1.29, 1.82) is 0 Å². The zero-order valence-electron chi connectivity index (χ0n) is 15.9. The van der Waals surface area contributed by atoms with Crippen molar-refractivity contribution in [2.75, 3.05) is 51.2 Å². The van der Waals surface area contributed by atoms with Gasteiger partial charge in [-0.05, 0) is 25.8 Å². The van der Waals surface area contributed by atoms with Crippen LogP contribution in [0.1, 0.15) is 30.4 Å². The first kappa shape index (κ1) is 17.2. The van der Waals surface area contributed by atoms with Crippen molar-refractivity contribution in [2.45, 2.75) is 19.8 Å². The van der Waals surface area contributed by atoms with Crippen LogP contribution in [0.25, 0.3) is 11.0 Å². The number of hydrogen-bond acceptors (Lipinski definition) is 6. The summed E-state index contributed by atoms with van der Waals surface area (Å²) in [6, 6.07) is 0. The third kappa shape index (κ3) is 3.13. The molecule has 8 nitrogen and oxygen atoms in total. The van der Waals surface area contributed by atoms with Gasteiger partial charge < -0.3 is 14.7 Å². The first-order valence-electron chi connectivity index (χ1n) is 9.45. The van der Waals surface area contributed by atoms with Gasteiger partial charge in [-0.1, -0.05) is 6.92 Å². The summed E-state index contributed by atoms with van der Waals surface area (Å²) in [5.74, 6) is 1.81. The van der Waals surface area contributed by atoms with Gasteiger partial charge in [0, 0.05) is 46.3 Å². The van der Waals surface area contributed by atoms with Gasteiger partial charge in [-0.15, -0.1) is 0 Å². The second-order valence-corrected chi connectivity index (χ2v) is 7.64. The van der Waals surface area contributed by atoms with Crippen molar-refractivity contribution in [3.63, 3.8) is 0 Å². The molecule has 26 heavy (non-hydrogen) atoms. The SMILES string of the molecule is CC1CCN(c2nc(C(=O)N3CCN(C)CC3)nc3c2cnn3C)CC1. The van der Waals surface area contributed by atoms with E-state index in [0.717, 1.165) is 74.9 Å². The molecule has 0 saturated carbocycles. The number of piperazine rings is 1. The summed E-state index contributed by atoms with van der Waals surface area (Å²) >= 11 is 0. The molecule has 2 aromatic rings. The second-order valence-electron chi connectivity index (χ2n) is 7.64. The topological polar surface area (TPSA) is 70.4 Å². The third-order valence-electron chi connectivity index (χ3n) is 5.64. The Hall–Kier alpha value is -2.22. The number of nitrogens with zero attached hydrogens (tertiary/aromatic N) is 7. The van der Waals surface area contributed by atoms with Crippen LogP contribution in [0.2, 0.25) is 0 Å². The molecule has 0 aromatic carbocycles. The normalized spacial score (nSPS) is 20.1. The van der Waals surface area contributed by atoms with E-state index in [0.29, 0.717) is 5.82 Å². The molecule has 0 aliphatic carbocycles. The lowest BCUT2D eigenvalue weighted by Crippen LogP contribution is -2.47. The Morgan fingerprint density at radius 2 is 1.73 bits per heavy atom. The first-order chi connectivity index (χ1) is 12.5. The number of hydrogen-bond donors (Lipinski definition) is 0. The standard InChI is InChI=1S/C18H27N7O/c1-13-4-6-24(7-5-13)17-14-12-19-23(3)16(14)20-15(21-17)18(26)25-10-8-22(2)9-11-25/h12-13H,4-11H2,1-3H3. The van der Waals surface area contributed by atoms with Gasteiger partial charge in [0.1, 0.15) is 5.82 Å². The maximum Gasteiger partial charge on any atom is 0.291 e. The number of amides is 1. The van der Waals surface area contributed by atoms with Gasteiger partial charge in [0.25, 0.3) is 5.91 Å². The predicted molar refractivity (Wildman–Crippen MR) is 100 cm³/mol. The molecule has 0 bridgehead atoms. The van der Waals surface area contributed by atoms with Crippen LogP contribution < -0.4 is 4.90 Å². The molecule has 1 amide bonds. The fraction of sp³-hybridized carbons (Fsp3) is 0.667. The van der Waals surface area contributed by atoms with Crippen molar-refractivity contribution in [3.8, 4) is 0 Å². The Morgan fingerprint density at radius 3 is 2.42 bits per heavy atom. The van der Waals surface area contributed by atoms with E-state index in [2.05, 4.69) is 33.9 Å². The predicted octanol–water partition coefficient (Wildman–Crippen LogP) is 0.987. The van der Waals surface area contributed by atoms with Crippen molar-refractivity contribution in [2.24, 2.45) is 13.0 Å². The highest BCUT2D eigenvalue weighted by Gasteiger charge is 2.27. The maximum absolute atomic E-state index is 13.0. The van der Waals surface area contributed by atoms with Crippen LogP contribution in [-0.2, 0) is 7.05 Å². The van der Waals surface area contributed by atoms with Gasteiger partial charge in [0.15, 0.2) is 5.65 Å². The summed E-state index contributed by atoms with van der Waals surface area (Å²) in [7, 11) is 3.94. The molecule has 0 radical (unpaired) electrons. The number of aryl methyl sites for hydroxylation is 1. The summed E-state index contributed by atoms with van der Waals surface area (Å²) in [5, 5.41) is 5.27. The average molecular weight is 357 g/mol. The van der Waals surface area contributed by atoms with Gasteiger partial charge >= 0.3 is 0 Å². The molecule has 0 N–H and O–H groups in total. The molecule has 2 aliphatic heterocycles. The minimum Gasteiger partial charge on any atom is -0.356 e. The van der Waals surface area contributed by atoms with Crippen LogP contribution >= 0.6 is 0 Å². The van der Waals surface area contributed by atoms with E-state index in [1.165, 1.54) is 0 Å². The number of likely N-dealkylation sites (N-methyl/N-ethyl adjacent to an activating group) is 1. The molecule has 4 heterocycles. The number of fused-ring (bicyclic) bond motifs is 1. The Kier molecular flexibility index (Phi) is 4.52. The molecule has 0 atom stereocenters. The minimum absolute atomic E-state index is 0.0761. The molecule has 4 rings (SSSR count). The Balaban J connectivity index is 1.69. The maximum atomic E-state index is 13.0. The largest absolute Gasteiger partial charge is 0.356 e. The molecule has 8 heteroatoms. The fourth-order valence-electron chi connectivity index (χ4n) is 3.72. The zero-order chi connectivity index (χ0) is 18.3. The third-order valence-corrected chi connectivity index (χ3v) is 5.64. The minimum atomic E-state index is -0.0761. The van der Waals surface area contributed by atoms with E-state index >= 15 is 0 Å². The van der Waals surface area contributed by atoms with Crippen LogP contribution in [0, 0.1) is 5.92 Å². The van der Waals surface area contributed by atoms with E-state index in [-0.39, 0.29) is 5.91 Å². The van der Waals surface area contributed by atoms with E-state index in [1.807, 2.05) is 18.1 Å². The molecule has 2 fully saturated rings. The van der Waals surface area contributed by atoms with E-state index in [1.54, 1.807) is 4.68 Å². The number of rotatable bonds is 2. The number of aromatic nitrogens is 4. The van der Waals surface area contributed by atoms with Gasteiger partial charge in [-0.3, -0.25) is 9.48 Å². The lowest BCUT2D eigenvalue weighted by molar-refractivity contribution is 0.0652. The van der Waals surface area contributed by atoms with Crippen LogP contribution in [0.5, 0.6) is 0 Å². The Labute approximate surface area is 153 Å². The Morgan fingerprint density at radius 1 is 1.04 bits per heavy atom. The van der Waals surface area contributed by atoms with Crippen molar-refractivity contribution in [3.05, 3.63) is 12.0 Å². The summed E-state index contributed by atoms with van der Waals surface area (Å²) in [6.45, 7) is 7.43. The number of anilines is 1. The Bertz CT molecular complexity index is 801. The van der Waals surface area contributed by atoms with Crippen LogP contribution in [0.4, 0.5) is 5.82 Å². The monoisotopic (exact) mass is 357 g/mol. The molecule has 2 aromatic heterocycles. The smallest absolute Gasteiger partial charge is 0.291 e. The number of carbonyl (C=O) groups excluding carboxylic acids is 1. The molecular weight excluding hydrogens is 330 g/mol. The summed E-state index contributed by atoms with van der Waals surface area (Å²) in [5.41, 5.74) is 0.728. The second kappa shape index (κ2) is 6.83. The molecule has 140 valence electrons. The zero-order valence-corrected chi connectivity index (χ0v) is 15.9. The summed E-state index contributed by atoms with van der Waals surface area (Å²) in [6.07, 6.45) is 4.10. The highest BCUT2D eigenvalue weighted by Crippen LogP contribution is 2.28. The molecule has 0 unspecified atom stereocenters. The summed E-state index contributed by atoms with van der Waals surface area (Å²) in [4.78, 5) is 28.7. The molecule has 2 saturated heterocycles. The van der Waals surface area contributed by atoms with E-state index < -0.39 is 0 Å². The average Bonchev–Trinajstić information content (AvgIpc) is 3.03. The highest BCUT2D eigenvalue weighted by molar-refractivity contribution is 5.95. The van der Waals surface area contributed by atoms with E-state index in [9.17, 15) is 4.79 Å². The van der Waals surface area contributed by atoms with Gasteiger partial charge in [0.2, 0.25) is 5.82 Å². The summed E-state index contributed by atoms with van der Waals surface area (Å²) < 4.78 is 1.73. The van der Waals surface area contributed by atoms with Gasteiger partial charge in [-0.2, -0.15) is 5.10 Å². The highest BCUT2D eigenvalue weighted by atomic mass is 16.2. The van der Waals surface area contributed by atoms with Gasteiger partial charge in [-0.25, -0.2) is 9.97 Å². The number of carbonyl (C=O) groups is 1. The van der Waals surface area contributed by atoms with Crippen molar-refractivity contribution in [1.82, 2.24) is 29.5 Å². The number of piperidine rings is 1. The first-order valence-corrected chi connectivity index (χ1v) is 9.45. The van der Waals surface area contributed by atoms with Crippen LogP contribution in [0.15, 0.2) is 6.20 Å². The van der Waals surface area contributed by atoms with Gasteiger partial charge in [0.05, 0.1) is 11.6 Å². The lowest BCUT2D eigenvalue weighted by Gasteiger charge is -2.33. The lowest BCUT2D eigenvalue weighted by atomic mass is 9.99. The quantitative estimate of drug-likeness (QED) is 0.798. The van der Waals surface area contributed by atoms with Crippen molar-refractivity contribution >= 4 is 22.8 Å². The van der Waals surface area contributed by atoms with Crippen LogP contribution in [0.3, 0.4) is 0 Å². The fourth-order valence-corrected chi connectivity index (χ4v) is 3.72. The molecular formula is C18H27N7O. The molecule has 2 aliphatic rings. The van der Waals surface area contributed by atoms with Crippen LogP contribution in [-0.4, -0.2) is 81.8 Å².